The van der Waals surface area contributed by atoms with Crippen LogP contribution in [0.1, 0.15) is 67.2 Å². The summed E-state index contributed by atoms with van der Waals surface area (Å²) in [6, 6.07) is 26.0. The Balaban J connectivity index is 1.30. The summed E-state index contributed by atoms with van der Waals surface area (Å²) >= 11 is 0. The van der Waals surface area contributed by atoms with Crippen LogP contribution >= 0.6 is 0 Å². The van der Waals surface area contributed by atoms with Gasteiger partial charge in [-0.1, -0.05) is 85.6 Å². The van der Waals surface area contributed by atoms with Crippen LogP contribution in [0.15, 0.2) is 89.8 Å². The first kappa shape index (κ1) is 26.6. The van der Waals surface area contributed by atoms with Gasteiger partial charge in [0.05, 0.1) is 17.5 Å². The Labute approximate surface area is 225 Å². The third kappa shape index (κ3) is 6.01. The monoisotopic (exact) mass is 532 g/mol. The van der Waals surface area contributed by atoms with Crippen LogP contribution in [0, 0.1) is 5.92 Å². The molecule has 3 aromatic carbocycles. The highest BCUT2D eigenvalue weighted by molar-refractivity contribution is 7.89. The van der Waals surface area contributed by atoms with Gasteiger partial charge in [0.15, 0.2) is 0 Å². The molecule has 0 saturated heterocycles. The molecule has 2 N–H and O–H groups in total. The molecule has 0 aliphatic heterocycles. The Morgan fingerprint density at radius 2 is 1.50 bits per heavy atom. The number of hydrogen-bond donors (Lipinski definition) is 2. The van der Waals surface area contributed by atoms with Crippen LogP contribution in [0.3, 0.4) is 0 Å². The minimum absolute atomic E-state index is 0.0180. The fourth-order valence-electron chi connectivity index (χ4n) is 5.59. The maximum atomic E-state index is 13.4. The zero-order valence-electron chi connectivity index (χ0n) is 21.6. The number of sulfonamides is 1. The van der Waals surface area contributed by atoms with Gasteiger partial charge in [-0.15, -0.1) is 0 Å². The van der Waals surface area contributed by atoms with Gasteiger partial charge >= 0.3 is 0 Å². The summed E-state index contributed by atoms with van der Waals surface area (Å²) in [4.78, 5) is 13.7. The van der Waals surface area contributed by atoms with Gasteiger partial charge in [-0.05, 0) is 60.4 Å². The van der Waals surface area contributed by atoms with Gasteiger partial charge in [-0.2, -0.15) is 4.31 Å². The zero-order valence-corrected chi connectivity index (χ0v) is 22.4. The van der Waals surface area contributed by atoms with Crippen molar-refractivity contribution in [1.82, 2.24) is 9.62 Å². The Kier molecular flexibility index (Phi) is 8.27. The molecule has 0 bridgehead atoms. The van der Waals surface area contributed by atoms with E-state index in [1.165, 1.54) is 0 Å². The molecular formula is C31H36N2O4S. The number of benzene rings is 3. The van der Waals surface area contributed by atoms with Crippen molar-refractivity contribution in [2.75, 3.05) is 6.61 Å². The van der Waals surface area contributed by atoms with Crippen molar-refractivity contribution in [2.45, 2.75) is 68.0 Å². The maximum Gasteiger partial charge on any atom is 0.243 e. The van der Waals surface area contributed by atoms with E-state index < -0.39 is 16.1 Å². The number of aliphatic hydroxyl groups is 1. The van der Waals surface area contributed by atoms with Crippen LogP contribution in [0.4, 0.5) is 0 Å². The smallest absolute Gasteiger partial charge is 0.243 e. The molecule has 3 atom stereocenters. The highest BCUT2D eigenvalue weighted by Crippen LogP contribution is 2.39. The Bertz CT molecular complexity index is 1310. The normalized spacial score (nSPS) is 20.7. The molecule has 200 valence electrons. The van der Waals surface area contributed by atoms with Crippen LogP contribution < -0.4 is 5.32 Å². The van der Waals surface area contributed by atoms with Crippen LogP contribution in [-0.4, -0.2) is 36.4 Å². The lowest BCUT2D eigenvalue weighted by atomic mass is 9.74. The second-order valence-electron chi connectivity index (χ2n) is 10.5. The van der Waals surface area contributed by atoms with Gasteiger partial charge in [0.2, 0.25) is 15.9 Å². The quantitative estimate of drug-likeness (QED) is 0.378. The molecule has 0 radical (unpaired) electrons. The van der Waals surface area contributed by atoms with E-state index in [2.05, 4.69) is 17.4 Å². The largest absolute Gasteiger partial charge is 0.394 e. The lowest BCUT2D eigenvalue weighted by Crippen LogP contribution is -2.39. The van der Waals surface area contributed by atoms with Gasteiger partial charge in [0.25, 0.3) is 0 Å². The number of amides is 1. The van der Waals surface area contributed by atoms with E-state index in [1.54, 1.807) is 28.6 Å². The summed E-state index contributed by atoms with van der Waals surface area (Å²) < 4.78 is 28.3. The van der Waals surface area contributed by atoms with Crippen LogP contribution in [0.5, 0.6) is 0 Å². The molecule has 38 heavy (non-hydrogen) atoms. The number of hydrogen-bond acceptors (Lipinski definition) is 4. The molecule has 7 heteroatoms. The van der Waals surface area contributed by atoms with Crippen molar-refractivity contribution in [3.63, 3.8) is 0 Å². The molecule has 0 aromatic heterocycles. The second-order valence-corrected chi connectivity index (χ2v) is 12.4. The molecule has 5 rings (SSSR count). The lowest BCUT2D eigenvalue weighted by molar-refractivity contribution is -0.127. The van der Waals surface area contributed by atoms with Gasteiger partial charge < -0.3 is 10.4 Å². The summed E-state index contributed by atoms with van der Waals surface area (Å²) in [6.45, 7) is 0.192. The predicted octanol–water partition coefficient (Wildman–Crippen LogP) is 5.16. The van der Waals surface area contributed by atoms with E-state index in [0.29, 0.717) is 11.4 Å². The van der Waals surface area contributed by atoms with E-state index in [-0.39, 0.29) is 30.4 Å². The number of nitrogens with one attached hydrogen (secondary N) is 1. The van der Waals surface area contributed by atoms with E-state index in [4.69, 9.17) is 0 Å². The molecule has 3 aromatic rings. The van der Waals surface area contributed by atoms with Crippen molar-refractivity contribution in [3.05, 3.63) is 102 Å². The van der Waals surface area contributed by atoms with Crippen LogP contribution in [0.2, 0.25) is 0 Å². The van der Waals surface area contributed by atoms with Gasteiger partial charge in [0, 0.05) is 18.5 Å². The predicted molar refractivity (Wildman–Crippen MR) is 148 cm³/mol. The first-order valence-electron chi connectivity index (χ1n) is 13.6. The number of aliphatic hydroxyl groups excluding tert-OH is 1. The van der Waals surface area contributed by atoms with Crippen molar-refractivity contribution < 1.29 is 18.3 Å². The average molecular weight is 533 g/mol. The summed E-state index contributed by atoms with van der Waals surface area (Å²) in [5.41, 5.74) is 2.95. The highest BCUT2D eigenvalue weighted by Gasteiger charge is 2.38. The van der Waals surface area contributed by atoms with Gasteiger partial charge in [0.1, 0.15) is 0 Å². The molecule has 6 nitrogen and oxygen atoms in total. The van der Waals surface area contributed by atoms with E-state index in [1.807, 2.05) is 48.5 Å². The molecule has 0 heterocycles. The Hall–Kier alpha value is -3.00. The standard InChI is InChI=1S/C31H36N2O4S/c34-22-30(25-9-3-1-4-10-25)32-31(35)29-14-8-7-13-28(29)24-17-15-23(16-18-24)21-33(26-19-20-26)38(36,37)27-11-5-2-6-12-27/h1-6,9-12,15-18,26,28-30,34H,7-8,13-14,19-22H2,(H,32,35). The van der Waals surface area contributed by atoms with Crippen molar-refractivity contribution in [3.8, 4) is 0 Å². The maximum absolute atomic E-state index is 13.4. The molecular weight excluding hydrogens is 496 g/mol. The van der Waals surface area contributed by atoms with E-state index in [9.17, 15) is 18.3 Å². The number of carbonyl (C=O) groups is 1. The third-order valence-electron chi connectivity index (χ3n) is 7.85. The molecule has 3 unspecified atom stereocenters. The molecule has 2 aliphatic rings. The summed E-state index contributed by atoms with van der Waals surface area (Å²) in [6.07, 6.45) is 5.61. The number of rotatable bonds is 10. The van der Waals surface area contributed by atoms with E-state index >= 15 is 0 Å². The highest BCUT2D eigenvalue weighted by atomic mass is 32.2. The minimum Gasteiger partial charge on any atom is -0.394 e. The fraction of sp³-hybridized carbons (Fsp3) is 0.387. The second kappa shape index (κ2) is 11.8. The van der Waals surface area contributed by atoms with Crippen molar-refractivity contribution >= 4 is 15.9 Å². The van der Waals surface area contributed by atoms with Crippen molar-refractivity contribution in [2.24, 2.45) is 5.92 Å². The Morgan fingerprint density at radius 3 is 2.13 bits per heavy atom. The summed E-state index contributed by atoms with van der Waals surface area (Å²) in [5, 5.41) is 13.0. The number of nitrogens with zero attached hydrogens (tertiary/aromatic N) is 1. The van der Waals surface area contributed by atoms with Crippen LogP contribution in [-0.2, 0) is 21.4 Å². The SMILES string of the molecule is O=C(NC(CO)c1ccccc1)C1CCCCC1c1ccc(CN(C2CC2)S(=O)(=O)c2ccccc2)cc1. The zero-order chi connectivity index (χ0) is 26.5. The third-order valence-corrected chi connectivity index (χ3v) is 9.77. The summed E-state index contributed by atoms with van der Waals surface area (Å²) in [7, 11) is -3.56. The summed E-state index contributed by atoms with van der Waals surface area (Å²) in [5.74, 6) is -0.0789. The van der Waals surface area contributed by atoms with Crippen molar-refractivity contribution in [1.29, 1.82) is 0 Å². The minimum atomic E-state index is -3.56. The average Bonchev–Trinajstić information content (AvgIpc) is 3.81. The van der Waals surface area contributed by atoms with Gasteiger partial charge in [-0.25, -0.2) is 8.42 Å². The fourth-order valence-corrected chi connectivity index (χ4v) is 7.29. The first-order valence-corrected chi connectivity index (χ1v) is 15.0. The molecule has 1 amide bonds. The topological polar surface area (TPSA) is 86.7 Å². The van der Waals surface area contributed by atoms with E-state index in [0.717, 1.165) is 55.2 Å². The number of carbonyl (C=O) groups excluding carboxylic acids is 1. The molecule has 2 saturated carbocycles. The first-order chi connectivity index (χ1) is 18.5. The van der Waals surface area contributed by atoms with Crippen LogP contribution in [0.25, 0.3) is 0 Å². The lowest BCUT2D eigenvalue weighted by Gasteiger charge is -2.32. The molecule has 2 aliphatic carbocycles. The Morgan fingerprint density at radius 1 is 0.868 bits per heavy atom. The molecule has 2 fully saturated rings. The van der Waals surface area contributed by atoms with Gasteiger partial charge in [-0.3, -0.25) is 4.79 Å². The molecule has 0 spiro atoms.